The molecule has 0 heterocycles. The maximum atomic E-state index is 10.1. The normalized spacial score (nSPS) is 17.1. The number of rotatable bonds is 6. The monoisotopic (exact) mass is 190 g/mol. The molecule has 0 spiro atoms. The molecular weight excluding hydrogens is 168 g/mol. The van der Waals surface area contributed by atoms with E-state index in [9.17, 15) is 10.2 Å². The molecule has 0 aliphatic heterocycles. The van der Waals surface area contributed by atoms with Crippen LogP contribution >= 0.6 is 0 Å². The quantitative estimate of drug-likeness (QED) is 0.587. The molecule has 3 nitrogen and oxygen atoms in total. The van der Waals surface area contributed by atoms with Crippen LogP contribution in [0.4, 0.5) is 0 Å². The fourth-order valence-electron chi connectivity index (χ4n) is 1.83. The first-order chi connectivity index (χ1) is 5.99. The number of aliphatic hydroxyl groups is 3. The van der Waals surface area contributed by atoms with Crippen molar-refractivity contribution in [1.29, 1.82) is 0 Å². The first-order valence-electron chi connectivity index (χ1n) is 5.05. The molecule has 0 rings (SSSR count). The fourth-order valence-corrected chi connectivity index (χ4v) is 1.83. The highest BCUT2D eigenvalue weighted by Crippen LogP contribution is 2.34. The van der Waals surface area contributed by atoms with Crippen molar-refractivity contribution < 1.29 is 15.3 Å². The van der Waals surface area contributed by atoms with Gasteiger partial charge in [-0.25, -0.2) is 0 Å². The lowest BCUT2D eigenvalue weighted by Crippen LogP contribution is -2.53. The standard InChI is InChI=1S/C10H22O3/c1-4-9(12,5-2)10(13,6-3)7-8-11/h11-13H,4-8H2,1-3H3. The zero-order chi connectivity index (χ0) is 10.5. The molecule has 0 aliphatic carbocycles. The minimum atomic E-state index is -1.15. The van der Waals surface area contributed by atoms with Crippen LogP contribution in [0.25, 0.3) is 0 Å². The number of hydrogen-bond acceptors (Lipinski definition) is 3. The Balaban J connectivity index is 4.68. The second kappa shape index (κ2) is 4.94. The van der Waals surface area contributed by atoms with Gasteiger partial charge in [-0.3, -0.25) is 0 Å². The summed E-state index contributed by atoms with van der Waals surface area (Å²) in [4.78, 5) is 0. The molecule has 0 radical (unpaired) electrons. The lowest BCUT2D eigenvalue weighted by molar-refractivity contribution is -0.165. The number of hydrogen-bond donors (Lipinski definition) is 3. The molecule has 0 aliphatic rings. The van der Waals surface area contributed by atoms with E-state index in [1.807, 2.05) is 20.8 Å². The molecule has 0 amide bonds. The second-order valence-electron chi connectivity index (χ2n) is 3.60. The molecule has 0 fully saturated rings. The predicted molar refractivity (Wildman–Crippen MR) is 52.5 cm³/mol. The third kappa shape index (κ3) is 2.42. The molecule has 1 unspecified atom stereocenters. The van der Waals surface area contributed by atoms with Gasteiger partial charge in [0.1, 0.15) is 0 Å². The van der Waals surface area contributed by atoms with Gasteiger partial charge in [-0.05, 0) is 19.3 Å². The van der Waals surface area contributed by atoms with Crippen molar-refractivity contribution in [2.24, 2.45) is 0 Å². The summed E-state index contributed by atoms with van der Waals surface area (Å²) in [6, 6.07) is 0. The van der Waals surface area contributed by atoms with Crippen molar-refractivity contribution in [1.82, 2.24) is 0 Å². The van der Waals surface area contributed by atoms with Gasteiger partial charge in [-0.1, -0.05) is 20.8 Å². The highest BCUT2D eigenvalue weighted by molar-refractivity contribution is 4.97. The molecule has 1 atom stereocenters. The fraction of sp³-hybridized carbons (Fsp3) is 1.00. The van der Waals surface area contributed by atoms with Gasteiger partial charge < -0.3 is 15.3 Å². The molecule has 3 heteroatoms. The van der Waals surface area contributed by atoms with Gasteiger partial charge in [0.05, 0.1) is 11.2 Å². The van der Waals surface area contributed by atoms with E-state index in [-0.39, 0.29) is 13.0 Å². The summed E-state index contributed by atoms with van der Waals surface area (Å²) < 4.78 is 0. The van der Waals surface area contributed by atoms with Gasteiger partial charge in [0.2, 0.25) is 0 Å². The average molecular weight is 190 g/mol. The van der Waals surface area contributed by atoms with Gasteiger partial charge in [-0.2, -0.15) is 0 Å². The topological polar surface area (TPSA) is 60.7 Å². The maximum Gasteiger partial charge on any atom is 0.0952 e. The van der Waals surface area contributed by atoms with Gasteiger partial charge >= 0.3 is 0 Å². The highest BCUT2D eigenvalue weighted by Gasteiger charge is 2.44. The van der Waals surface area contributed by atoms with E-state index in [2.05, 4.69) is 0 Å². The molecular formula is C10H22O3. The SMILES string of the molecule is CCC(O)(CC)C(O)(CC)CCO. The number of aliphatic hydroxyl groups excluding tert-OH is 1. The first kappa shape index (κ1) is 12.9. The van der Waals surface area contributed by atoms with Gasteiger partial charge in [0, 0.05) is 13.0 Å². The zero-order valence-corrected chi connectivity index (χ0v) is 8.88. The van der Waals surface area contributed by atoms with E-state index < -0.39 is 11.2 Å². The molecule has 0 aromatic heterocycles. The molecule has 3 N–H and O–H groups in total. The van der Waals surface area contributed by atoms with Crippen LogP contribution in [0, 0.1) is 0 Å². The van der Waals surface area contributed by atoms with E-state index >= 15 is 0 Å². The van der Waals surface area contributed by atoms with Crippen molar-refractivity contribution >= 4 is 0 Å². The maximum absolute atomic E-state index is 10.1. The Kier molecular flexibility index (Phi) is 4.89. The summed E-state index contributed by atoms with van der Waals surface area (Å²) in [5.41, 5.74) is -2.21. The summed E-state index contributed by atoms with van der Waals surface area (Å²) in [6.45, 7) is 5.43. The van der Waals surface area contributed by atoms with Gasteiger partial charge in [0.15, 0.2) is 0 Å². The second-order valence-corrected chi connectivity index (χ2v) is 3.60. The van der Waals surface area contributed by atoms with Crippen LogP contribution in [-0.2, 0) is 0 Å². The van der Waals surface area contributed by atoms with Crippen molar-refractivity contribution in [3.05, 3.63) is 0 Å². The van der Waals surface area contributed by atoms with E-state index in [0.717, 1.165) is 0 Å². The Bertz CT molecular complexity index is 143. The molecule has 0 aromatic carbocycles. The molecule has 0 aromatic rings. The van der Waals surface area contributed by atoms with Crippen LogP contribution < -0.4 is 0 Å². The van der Waals surface area contributed by atoms with E-state index in [0.29, 0.717) is 19.3 Å². The lowest BCUT2D eigenvalue weighted by Gasteiger charge is -2.42. The summed E-state index contributed by atoms with van der Waals surface area (Å²) in [7, 11) is 0. The van der Waals surface area contributed by atoms with Crippen molar-refractivity contribution in [3.8, 4) is 0 Å². The average Bonchev–Trinajstić information content (AvgIpc) is 2.16. The third-order valence-corrected chi connectivity index (χ3v) is 3.15. The van der Waals surface area contributed by atoms with Gasteiger partial charge in [0.25, 0.3) is 0 Å². The Morgan fingerprint density at radius 2 is 1.23 bits per heavy atom. The zero-order valence-electron chi connectivity index (χ0n) is 8.88. The van der Waals surface area contributed by atoms with Crippen LogP contribution in [0.5, 0.6) is 0 Å². The van der Waals surface area contributed by atoms with Crippen molar-refractivity contribution in [2.75, 3.05) is 6.61 Å². The van der Waals surface area contributed by atoms with E-state index in [1.165, 1.54) is 0 Å². The highest BCUT2D eigenvalue weighted by atomic mass is 16.4. The Morgan fingerprint density at radius 1 is 0.846 bits per heavy atom. The van der Waals surface area contributed by atoms with Crippen molar-refractivity contribution in [2.45, 2.75) is 57.7 Å². The van der Waals surface area contributed by atoms with Crippen LogP contribution in [0.15, 0.2) is 0 Å². The molecule has 0 saturated carbocycles. The first-order valence-corrected chi connectivity index (χ1v) is 5.05. The molecule has 80 valence electrons. The van der Waals surface area contributed by atoms with Crippen LogP contribution in [0.2, 0.25) is 0 Å². The Morgan fingerprint density at radius 3 is 1.46 bits per heavy atom. The Hall–Kier alpha value is -0.120. The Labute approximate surface area is 80.4 Å². The van der Waals surface area contributed by atoms with Crippen LogP contribution in [0.1, 0.15) is 46.5 Å². The largest absolute Gasteiger partial charge is 0.396 e. The summed E-state index contributed by atoms with van der Waals surface area (Å²) in [6.07, 6.45) is 1.72. The predicted octanol–water partition coefficient (Wildman–Crippen LogP) is 1.06. The summed E-state index contributed by atoms with van der Waals surface area (Å²) in [5, 5.41) is 29.1. The van der Waals surface area contributed by atoms with Crippen LogP contribution in [0.3, 0.4) is 0 Å². The van der Waals surface area contributed by atoms with Crippen molar-refractivity contribution in [3.63, 3.8) is 0 Å². The van der Waals surface area contributed by atoms with E-state index in [4.69, 9.17) is 5.11 Å². The van der Waals surface area contributed by atoms with E-state index in [1.54, 1.807) is 0 Å². The smallest absolute Gasteiger partial charge is 0.0952 e. The molecule has 0 bridgehead atoms. The minimum Gasteiger partial charge on any atom is -0.396 e. The summed E-state index contributed by atoms with van der Waals surface area (Å²) >= 11 is 0. The third-order valence-electron chi connectivity index (χ3n) is 3.15. The van der Waals surface area contributed by atoms with Gasteiger partial charge in [-0.15, -0.1) is 0 Å². The summed E-state index contributed by atoms with van der Waals surface area (Å²) in [5.74, 6) is 0. The lowest BCUT2D eigenvalue weighted by atomic mass is 9.75. The van der Waals surface area contributed by atoms with Crippen LogP contribution in [-0.4, -0.2) is 33.1 Å². The minimum absolute atomic E-state index is 0.0906. The molecule has 0 saturated heterocycles. The molecule has 13 heavy (non-hydrogen) atoms.